The van der Waals surface area contributed by atoms with Crippen LogP contribution in [0, 0.1) is 0 Å². The lowest BCUT2D eigenvalue weighted by Gasteiger charge is -2.27. The molecule has 8 nitrogen and oxygen atoms in total. The number of nitrogens with zero attached hydrogens (tertiary/aromatic N) is 2. The normalized spacial score (nSPS) is 15.2. The van der Waals surface area contributed by atoms with Gasteiger partial charge in [0.15, 0.2) is 4.80 Å². The minimum absolute atomic E-state index is 0.00364. The Kier molecular flexibility index (Phi) is 8.79. The van der Waals surface area contributed by atoms with Gasteiger partial charge >= 0.3 is 5.97 Å². The molecule has 0 saturated heterocycles. The third-order valence-electron chi connectivity index (χ3n) is 5.97. The second-order valence-electron chi connectivity index (χ2n) is 8.35. The van der Waals surface area contributed by atoms with E-state index in [0.717, 1.165) is 10.9 Å². The highest BCUT2D eigenvalue weighted by Crippen LogP contribution is 2.39. The first kappa shape index (κ1) is 28.1. The summed E-state index contributed by atoms with van der Waals surface area (Å²) >= 11 is 7.95. The largest absolute Gasteiger partial charge is 0.506 e. The van der Waals surface area contributed by atoms with E-state index in [1.165, 1.54) is 23.0 Å². The van der Waals surface area contributed by atoms with Crippen LogP contribution in [0.2, 0.25) is 0 Å². The summed E-state index contributed by atoms with van der Waals surface area (Å²) in [6.45, 7) is 3.90. The van der Waals surface area contributed by atoms with Crippen molar-refractivity contribution < 1.29 is 24.1 Å². The molecule has 2 heterocycles. The Labute approximate surface area is 240 Å². The summed E-state index contributed by atoms with van der Waals surface area (Å²) in [6, 6.07) is 7.82. The Morgan fingerprint density at radius 2 is 1.95 bits per heavy atom. The molecule has 3 aromatic rings. The summed E-state index contributed by atoms with van der Waals surface area (Å²) in [6.07, 6.45) is 2.86. The van der Waals surface area contributed by atoms with Crippen LogP contribution in [0.3, 0.4) is 0 Å². The SMILES string of the molecule is CCCC1=C(C(=O)OCC)[C@H](c2cc(OC)ccc2OC)n2c(s/c(=C\c3cc(Br)cc(Br)c3O)c2=O)=N1. The number of phenolic OH excluding ortho intramolecular Hbond substituents is 1. The second-order valence-corrected chi connectivity index (χ2v) is 11.1. The molecule has 0 saturated carbocycles. The summed E-state index contributed by atoms with van der Waals surface area (Å²) in [4.78, 5) is 32.5. The Morgan fingerprint density at radius 1 is 1.18 bits per heavy atom. The number of halogens is 2. The van der Waals surface area contributed by atoms with Gasteiger partial charge < -0.3 is 19.3 Å². The third-order valence-corrected chi connectivity index (χ3v) is 8.01. The van der Waals surface area contributed by atoms with Crippen LogP contribution in [0.25, 0.3) is 6.08 Å². The van der Waals surface area contributed by atoms with Crippen molar-refractivity contribution in [1.82, 2.24) is 4.57 Å². The number of ether oxygens (including phenoxy) is 3. The van der Waals surface area contributed by atoms with E-state index in [4.69, 9.17) is 19.2 Å². The molecule has 2 aromatic carbocycles. The molecule has 11 heteroatoms. The van der Waals surface area contributed by atoms with Crippen molar-refractivity contribution in [2.24, 2.45) is 4.99 Å². The summed E-state index contributed by atoms with van der Waals surface area (Å²) in [5, 5.41) is 10.6. The number of carbonyl (C=O) groups is 1. The van der Waals surface area contributed by atoms with Crippen LogP contribution >= 0.6 is 43.2 Å². The van der Waals surface area contributed by atoms with Crippen LogP contribution in [0.15, 0.2) is 60.3 Å². The Hall–Kier alpha value is -2.89. The van der Waals surface area contributed by atoms with E-state index in [0.29, 0.717) is 48.6 Å². The van der Waals surface area contributed by atoms with E-state index >= 15 is 0 Å². The van der Waals surface area contributed by atoms with Crippen LogP contribution in [0.1, 0.15) is 43.9 Å². The predicted molar refractivity (Wildman–Crippen MR) is 153 cm³/mol. The van der Waals surface area contributed by atoms with Crippen molar-refractivity contribution in [2.75, 3.05) is 20.8 Å². The molecule has 1 N–H and O–H groups in total. The minimum atomic E-state index is -0.859. The van der Waals surface area contributed by atoms with Crippen LogP contribution in [0.5, 0.6) is 17.2 Å². The topological polar surface area (TPSA) is 99.4 Å². The number of thiazole rings is 1. The molecule has 0 amide bonds. The lowest BCUT2D eigenvalue weighted by molar-refractivity contribution is -0.139. The average molecular weight is 666 g/mol. The van der Waals surface area contributed by atoms with Gasteiger partial charge in [-0.2, -0.15) is 0 Å². The van der Waals surface area contributed by atoms with Crippen LogP contribution in [0.4, 0.5) is 0 Å². The van der Waals surface area contributed by atoms with E-state index in [9.17, 15) is 14.7 Å². The van der Waals surface area contributed by atoms with Gasteiger partial charge in [0.25, 0.3) is 5.56 Å². The zero-order valence-electron chi connectivity index (χ0n) is 21.2. The summed E-state index contributed by atoms with van der Waals surface area (Å²) < 4.78 is 19.6. The molecule has 0 fully saturated rings. The van der Waals surface area contributed by atoms with E-state index in [1.54, 1.807) is 50.4 Å². The van der Waals surface area contributed by atoms with E-state index < -0.39 is 12.0 Å². The number of phenols is 1. The van der Waals surface area contributed by atoms with Gasteiger partial charge in [-0.05, 0) is 65.7 Å². The van der Waals surface area contributed by atoms with Gasteiger partial charge in [0, 0.05) is 15.6 Å². The van der Waals surface area contributed by atoms with Crippen molar-refractivity contribution in [3.8, 4) is 17.2 Å². The van der Waals surface area contributed by atoms with Gasteiger partial charge in [0.1, 0.15) is 23.3 Å². The number of benzene rings is 2. The fourth-order valence-corrected chi connectivity index (χ4v) is 6.57. The number of hydrogen-bond acceptors (Lipinski definition) is 8. The van der Waals surface area contributed by atoms with Gasteiger partial charge in [0.2, 0.25) is 0 Å². The van der Waals surface area contributed by atoms with Gasteiger partial charge in [-0.25, -0.2) is 9.79 Å². The number of allylic oxidation sites excluding steroid dienone is 1. The third kappa shape index (κ3) is 5.32. The molecule has 1 atom stereocenters. The highest BCUT2D eigenvalue weighted by Gasteiger charge is 2.36. The molecule has 4 rings (SSSR count). The molecule has 0 bridgehead atoms. The lowest BCUT2D eigenvalue weighted by Crippen LogP contribution is -2.40. The zero-order valence-corrected chi connectivity index (χ0v) is 25.2. The molecular weight excluding hydrogens is 640 g/mol. The summed E-state index contributed by atoms with van der Waals surface area (Å²) in [5.41, 5.74) is 1.50. The number of aromatic nitrogens is 1. The summed E-state index contributed by atoms with van der Waals surface area (Å²) in [5.74, 6) is 0.490. The zero-order chi connectivity index (χ0) is 27.6. The number of rotatable bonds is 8. The number of hydrogen-bond donors (Lipinski definition) is 1. The van der Waals surface area contributed by atoms with Crippen molar-refractivity contribution in [3.05, 3.63) is 81.4 Å². The van der Waals surface area contributed by atoms with Crippen LogP contribution in [-0.4, -0.2) is 36.5 Å². The number of esters is 1. The van der Waals surface area contributed by atoms with E-state index in [-0.39, 0.29) is 23.5 Å². The first-order chi connectivity index (χ1) is 18.2. The van der Waals surface area contributed by atoms with Crippen molar-refractivity contribution in [3.63, 3.8) is 0 Å². The van der Waals surface area contributed by atoms with E-state index in [2.05, 4.69) is 31.9 Å². The molecular formula is C27H26Br2N2O6S. The first-order valence-corrected chi connectivity index (χ1v) is 14.3. The summed E-state index contributed by atoms with van der Waals surface area (Å²) in [7, 11) is 3.08. The average Bonchev–Trinajstić information content (AvgIpc) is 3.20. The fourth-order valence-electron chi connectivity index (χ4n) is 4.31. The number of carbonyl (C=O) groups excluding carboxylic acids is 1. The standard InChI is InChI=1S/C27H26Br2N2O6S/c1-5-7-19-22(26(34)37-6-2)23(17-13-16(35-3)8-9-20(17)36-4)31-25(33)21(38-27(31)30-19)11-14-10-15(28)12-18(29)24(14)32/h8-13,23,32H,5-7H2,1-4H3/b21-11-/t23-/m0/s1. The Bertz CT molecular complexity index is 1610. The molecule has 200 valence electrons. The van der Waals surface area contributed by atoms with Crippen LogP contribution in [-0.2, 0) is 9.53 Å². The molecule has 0 aliphatic carbocycles. The maximum Gasteiger partial charge on any atom is 0.338 e. The molecule has 38 heavy (non-hydrogen) atoms. The van der Waals surface area contributed by atoms with Crippen LogP contribution < -0.4 is 24.4 Å². The quantitative estimate of drug-likeness (QED) is 0.346. The van der Waals surface area contributed by atoms with Crippen molar-refractivity contribution >= 4 is 55.2 Å². The van der Waals surface area contributed by atoms with Gasteiger partial charge in [-0.3, -0.25) is 9.36 Å². The maximum atomic E-state index is 14.0. The smallest absolute Gasteiger partial charge is 0.338 e. The Morgan fingerprint density at radius 3 is 2.61 bits per heavy atom. The number of aromatic hydroxyl groups is 1. The highest BCUT2D eigenvalue weighted by atomic mass is 79.9. The molecule has 0 spiro atoms. The molecule has 1 aliphatic heterocycles. The van der Waals surface area contributed by atoms with Crippen molar-refractivity contribution in [1.29, 1.82) is 0 Å². The molecule has 0 unspecified atom stereocenters. The molecule has 1 aromatic heterocycles. The predicted octanol–water partition coefficient (Wildman–Crippen LogP) is 4.83. The van der Waals surface area contributed by atoms with Crippen molar-refractivity contribution in [2.45, 2.75) is 32.7 Å². The fraction of sp³-hybridized carbons (Fsp3) is 0.296. The monoisotopic (exact) mass is 664 g/mol. The first-order valence-electron chi connectivity index (χ1n) is 11.9. The lowest BCUT2D eigenvalue weighted by atomic mass is 9.93. The minimum Gasteiger partial charge on any atom is -0.506 e. The van der Waals surface area contributed by atoms with Gasteiger partial charge in [-0.1, -0.05) is 40.6 Å². The molecule has 1 aliphatic rings. The Balaban J connectivity index is 2.08. The van der Waals surface area contributed by atoms with Gasteiger partial charge in [0.05, 0.1) is 41.1 Å². The second kappa shape index (κ2) is 11.9. The van der Waals surface area contributed by atoms with E-state index in [1.807, 2.05) is 6.92 Å². The van der Waals surface area contributed by atoms with Gasteiger partial charge in [-0.15, -0.1) is 0 Å². The number of fused-ring (bicyclic) bond motifs is 1. The number of methoxy groups -OCH3 is 2. The highest BCUT2D eigenvalue weighted by molar-refractivity contribution is 9.11. The maximum absolute atomic E-state index is 14.0. The molecule has 0 radical (unpaired) electrons.